The lowest BCUT2D eigenvalue weighted by molar-refractivity contribution is -0.122. The van der Waals surface area contributed by atoms with Gasteiger partial charge in [0.2, 0.25) is 17.8 Å². The van der Waals surface area contributed by atoms with E-state index >= 15 is 0 Å². The number of hydrogen-bond donors (Lipinski definition) is 4. The summed E-state index contributed by atoms with van der Waals surface area (Å²) in [6, 6.07) is 5.45. The number of fused-ring (bicyclic) bond motifs is 1. The summed E-state index contributed by atoms with van der Waals surface area (Å²) in [6.07, 6.45) is 6.96. The Kier molecular flexibility index (Phi) is 7.23. The van der Waals surface area contributed by atoms with Crippen molar-refractivity contribution >= 4 is 57.9 Å². The molecule has 5 N–H and O–H groups in total. The maximum absolute atomic E-state index is 11.7. The van der Waals surface area contributed by atoms with E-state index in [2.05, 4.69) is 27.1 Å². The number of amides is 1. The van der Waals surface area contributed by atoms with E-state index in [-0.39, 0.29) is 30.0 Å². The van der Waals surface area contributed by atoms with E-state index in [9.17, 15) is 9.90 Å². The standard InChI is InChI=1S/C25H31Cl2N7O2/c1-13-2-6-16(11-21(13)35)30-24-29-12-20-23(33-24)34(17-7-3-14(4-8-17)22(28)36)25(32-20)31-19-9-5-15(26)10-18(19)27/h5,9-10,12-14,16-17,21,35H,2-4,6-8,11H2,1H3,(H2,28,36)(H,31,32)(H,29,30,33)/t13-,14-,16-,17-,21-/m1/s1. The lowest BCUT2D eigenvalue weighted by Gasteiger charge is -2.31. The average molecular weight is 532 g/mol. The molecule has 3 aromatic rings. The molecule has 192 valence electrons. The van der Waals surface area contributed by atoms with Crippen LogP contribution in [0.1, 0.15) is 57.9 Å². The minimum atomic E-state index is -0.328. The van der Waals surface area contributed by atoms with Crippen molar-refractivity contribution in [3.05, 3.63) is 34.4 Å². The van der Waals surface area contributed by atoms with Gasteiger partial charge in [0.1, 0.15) is 5.52 Å². The Bertz CT molecular complexity index is 1260. The maximum atomic E-state index is 11.7. The highest BCUT2D eigenvalue weighted by molar-refractivity contribution is 6.36. The van der Waals surface area contributed by atoms with Gasteiger partial charge in [0.25, 0.3) is 0 Å². The number of nitrogens with zero attached hydrogens (tertiary/aromatic N) is 4. The van der Waals surface area contributed by atoms with Crippen LogP contribution < -0.4 is 16.4 Å². The second-order valence-electron chi connectivity index (χ2n) is 10.1. The first-order chi connectivity index (χ1) is 17.3. The minimum Gasteiger partial charge on any atom is -0.393 e. The van der Waals surface area contributed by atoms with Gasteiger partial charge in [-0.25, -0.2) is 9.97 Å². The van der Waals surface area contributed by atoms with Crippen molar-refractivity contribution in [3.8, 4) is 0 Å². The summed E-state index contributed by atoms with van der Waals surface area (Å²) in [7, 11) is 0. The fourth-order valence-electron chi connectivity index (χ4n) is 5.34. The predicted octanol–water partition coefficient (Wildman–Crippen LogP) is 5.05. The van der Waals surface area contributed by atoms with Crippen molar-refractivity contribution in [1.82, 2.24) is 19.5 Å². The molecule has 2 aliphatic rings. The van der Waals surface area contributed by atoms with Gasteiger partial charge in [-0.1, -0.05) is 30.1 Å². The summed E-state index contributed by atoms with van der Waals surface area (Å²) in [5.74, 6) is 1.07. The zero-order chi connectivity index (χ0) is 25.4. The number of nitrogens with two attached hydrogens (primary N) is 1. The van der Waals surface area contributed by atoms with Crippen molar-refractivity contribution in [2.45, 2.75) is 70.1 Å². The van der Waals surface area contributed by atoms with Gasteiger partial charge in [0.05, 0.1) is 23.0 Å². The first kappa shape index (κ1) is 25.0. The molecule has 0 spiro atoms. The van der Waals surface area contributed by atoms with E-state index in [1.165, 1.54) is 0 Å². The second kappa shape index (κ2) is 10.4. The topological polar surface area (TPSA) is 131 Å². The third-order valence-corrected chi connectivity index (χ3v) is 8.11. The molecule has 2 heterocycles. The number of imidazole rings is 1. The van der Waals surface area contributed by atoms with Crippen LogP contribution in [-0.2, 0) is 4.79 Å². The van der Waals surface area contributed by atoms with Crippen molar-refractivity contribution in [3.63, 3.8) is 0 Å². The molecule has 5 rings (SSSR count). The quantitative estimate of drug-likeness (QED) is 0.349. The number of halogens is 2. The third kappa shape index (κ3) is 5.23. The highest BCUT2D eigenvalue weighted by Crippen LogP contribution is 2.38. The zero-order valence-corrected chi connectivity index (χ0v) is 21.6. The number of aromatic nitrogens is 4. The van der Waals surface area contributed by atoms with Gasteiger partial charge in [0, 0.05) is 23.0 Å². The van der Waals surface area contributed by atoms with Gasteiger partial charge in [0.15, 0.2) is 5.65 Å². The molecule has 2 aromatic heterocycles. The molecule has 2 aliphatic carbocycles. The smallest absolute Gasteiger partial charge is 0.224 e. The number of benzene rings is 1. The predicted molar refractivity (Wildman–Crippen MR) is 142 cm³/mol. The molecule has 11 heteroatoms. The molecule has 1 aromatic carbocycles. The van der Waals surface area contributed by atoms with Crippen molar-refractivity contribution < 1.29 is 9.90 Å². The summed E-state index contributed by atoms with van der Waals surface area (Å²) in [5.41, 5.74) is 7.60. The van der Waals surface area contributed by atoms with Crippen LogP contribution in [0.2, 0.25) is 10.0 Å². The summed E-state index contributed by atoms with van der Waals surface area (Å²) >= 11 is 12.5. The molecule has 9 nitrogen and oxygen atoms in total. The number of nitrogens with one attached hydrogen (secondary N) is 2. The van der Waals surface area contributed by atoms with Crippen LogP contribution in [0, 0.1) is 11.8 Å². The molecule has 0 aliphatic heterocycles. The Hall–Kier alpha value is -2.62. The SMILES string of the molecule is C[C@@H]1CC[C@@H](Nc2ncc3nc(Nc4ccc(Cl)cc4Cl)n([C@H]4CC[C@H](C(N)=O)CC4)c3n2)C[C@H]1O. The van der Waals surface area contributed by atoms with Gasteiger partial charge >= 0.3 is 0 Å². The van der Waals surface area contributed by atoms with Crippen molar-refractivity contribution in [2.75, 3.05) is 10.6 Å². The van der Waals surface area contributed by atoms with E-state index in [0.29, 0.717) is 51.1 Å². The first-order valence-electron chi connectivity index (χ1n) is 12.5. The van der Waals surface area contributed by atoms with Gasteiger partial charge in [-0.2, -0.15) is 4.98 Å². The molecule has 2 saturated carbocycles. The number of rotatable bonds is 6. The van der Waals surface area contributed by atoms with Crippen LogP contribution >= 0.6 is 23.2 Å². The second-order valence-corrected chi connectivity index (χ2v) is 10.9. The average Bonchev–Trinajstić information content (AvgIpc) is 3.20. The molecular weight excluding hydrogens is 501 g/mol. The maximum Gasteiger partial charge on any atom is 0.224 e. The van der Waals surface area contributed by atoms with E-state index in [4.69, 9.17) is 38.9 Å². The fourth-order valence-corrected chi connectivity index (χ4v) is 5.79. The molecule has 0 unspecified atom stereocenters. The largest absolute Gasteiger partial charge is 0.393 e. The van der Waals surface area contributed by atoms with Crippen LogP contribution in [0.3, 0.4) is 0 Å². The van der Waals surface area contributed by atoms with Crippen LogP contribution in [0.4, 0.5) is 17.6 Å². The third-order valence-electron chi connectivity index (χ3n) is 7.56. The number of aliphatic hydroxyl groups excluding tert-OH is 1. The van der Waals surface area contributed by atoms with Gasteiger partial charge < -0.3 is 21.5 Å². The number of aliphatic hydroxyl groups is 1. The first-order valence-corrected chi connectivity index (χ1v) is 13.2. The number of anilines is 3. The lowest BCUT2D eigenvalue weighted by atomic mass is 9.85. The van der Waals surface area contributed by atoms with Gasteiger partial charge in [-0.3, -0.25) is 9.36 Å². The Morgan fingerprint density at radius 2 is 1.92 bits per heavy atom. The van der Waals surface area contributed by atoms with E-state index in [0.717, 1.165) is 38.5 Å². The summed E-state index contributed by atoms with van der Waals surface area (Å²) in [5, 5.41) is 18.1. The normalized spacial score (nSPS) is 26.6. The number of carbonyl (C=O) groups excluding carboxylic acids is 1. The molecule has 0 bridgehead atoms. The Balaban J connectivity index is 1.48. The van der Waals surface area contributed by atoms with E-state index in [1.54, 1.807) is 18.3 Å². The molecule has 3 atom stereocenters. The Labute approximate surface area is 219 Å². The molecule has 2 fully saturated rings. The minimum absolute atomic E-state index is 0.0827. The van der Waals surface area contributed by atoms with Crippen LogP contribution in [0.15, 0.2) is 24.4 Å². The van der Waals surface area contributed by atoms with Crippen molar-refractivity contribution in [1.29, 1.82) is 0 Å². The number of carbonyl (C=O) groups is 1. The number of primary amides is 1. The van der Waals surface area contributed by atoms with Crippen LogP contribution in [-0.4, -0.2) is 42.7 Å². The van der Waals surface area contributed by atoms with E-state index < -0.39 is 0 Å². The zero-order valence-electron chi connectivity index (χ0n) is 20.1. The Morgan fingerprint density at radius 1 is 1.14 bits per heavy atom. The molecule has 36 heavy (non-hydrogen) atoms. The lowest BCUT2D eigenvalue weighted by Crippen LogP contribution is -2.35. The Morgan fingerprint density at radius 3 is 2.61 bits per heavy atom. The monoisotopic (exact) mass is 531 g/mol. The number of hydrogen-bond acceptors (Lipinski definition) is 7. The highest BCUT2D eigenvalue weighted by atomic mass is 35.5. The van der Waals surface area contributed by atoms with Gasteiger partial charge in [-0.05, 0) is 69.1 Å². The highest BCUT2D eigenvalue weighted by Gasteiger charge is 2.30. The van der Waals surface area contributed by atoms with Crippen LogP contribution in [0.5, 0.6) is 0 Å². The van der Waals surface area contributed by atoms with Gasteiger partial charge in [-0.15, -0.1) is 0 Å². The molecule has 0 radical (unpaired) electrons. The molecular formula is C25H31Cl2N7O2. The van der Waals surface area contributed by atoms with E-state index in [1.807, 2.05) is 6.07 Å². The molecule has 0 saturated heterocycles. The summed E-state index contributed by atoms with van der Waals surface area (Å²) in [6.45, 7) is 2.08. The van der Waals surface area contributed by atoms with Crippen molar-refractivity contribution in [2.24, 2.45) is 17.6 Å². The molecule has 1 amide bonds. The fraction of sp³-hybridized carbons (Fsp3) is 0.520. The summed E-state index contributed by atoms with van der Waals surface area (Å²) < 4.78 is 2.09. The van der Waals surface area contributed by atoms with Crippen LogP contribution in [0.25, 0.3) is 11.2 Å². The summed E-state index contributed by atoms with van der Waals surface area (Å²) in [4.78, 5) is 25.9.